The minimum atomic E-state index is -0.335. The molecule has 0 saturated carbocycles. The number of carbonyl (C=O) groups excluding carboxylic acids is 2. The van der Waals surface area contributed by atoms with Crippen LogP contribution in [0.25, 0.3) is 10.8 Å². The third-order valence-corrected chi connectivity index (χ3v) is 6.80. The van der Waals surface area contributed by atoms with Crippen molar-refractivity contribution in [3.63, 3.8) is 0 Å². The van der Waals surface area contributed by atoms with E-state index in [0.717, 1.165) is 26.1 Å². The van der Waals surface area contributed by atoms with Crippen LogP contribution in [-0.4, -0.2) is 22.2 Å². The molecular formula is C20H16O2S. The quantitative estimate of drug-likeness (QED) is 0.778. The van der Waals surface area contributed by atoms with E-state index < -0.39 is 0 Å². The Bertz CT molecular complexity index is 947. The summed E-state index contributed by atoms with van der Waals surface area (Å²) in [5, 5.41) is 2.19. The molecule has 1 aliphatic heterocycles. The lowest BCUT2D eigenvalue weighted by Gasteiger charge is -2.28. The van der Waals surface area contributed by atoms with Crippen LogP contribution in [0.4, 0.5) is 0 Å². The van der Waals surface area contributed by atoms with Crippen molar-refractivity contribution in [2.24, 2.45) is 5.92 Å². The first-order valence-corrected chi connectivity index (χ1v) is 9.03. The zero-order valence-corrected chi connectivity index (χ0v) is 13.6. The lowest BCUT2D eigenvalue weighted by atomic mass is 9.90. The van der Waals surface area contributed by atoms with Crippen LogP contribution in [0, 0.1) is 5.92 Å². The molecular weight excluding hydrogens is 304 g/mol. The van der Waals surface area contributed by atoms with Gasteiger partial charge in [0.2, 0.25) is 0 Å². The van der Waals surface area contributed by atoms with Crippen molar-refractivity contribution in [3.05, 3.63) is 66.3 Å². The molecule has 114 valence electrons. The Morgan fingerprint density at radius 3 is 2.61 bits per heavy atom. The Labute approximate surface area is 137 Å². The molecule has 2 aromatic rings. The van der Waals surface area contributed by atoms with Gasteiger partial charge in [-0.15, -0.1) is 10.5 Å². The van der Waals surface area contributed by atoms with E-state index in [1.165, 1.54) is 0 Å². The molecule has 0 bridgehead atoms. The Kier molecular flexibility index (Phi) is 3.38. The monoisotopic (exact) mass is 320 g/mol. The number of fused-ring (bicyclic) bond motifs is 3. The fourth-order valence-electron chi connectivity index (χ4n) is 3.25. The van der Waals surface area contributed by atoms with Crippen LogP contribution >= 0.6 is 10.5 Å². The summed E-state index contributed by atoms with van der Waals surface area (Å²) in [7, 11) is -0.335. The number of rotatable bonds is 2. The van der Waals surface area contributed by atoms with Crippen LogP contribution in [0.2, 0.25) is 0 Å². The van der Waals surface area contributed by atoms with Gasteiger partial charge in [0.1, 0.15) is 5.78 Å². The van der Waals surface area contributed by atoms with Gasteiger partial charge in [-0.05, 0) is 34.7 Å². The lowest BCUT2D eigenvalue weighted by molar-refractivity contribution is -0.114. The number of allylic oxidation sites excluding steroid dienone is 4. The first-order valence-electron chi connectivity index (χ1n) is 7.64. The first-order chi connectivity index (χ1) is 11.1. The summed E-state index contributed by atoms with van der Waals surface area (Å²) >= 11 is 0. The maximum Gasteiger partial charge on any atom is 0.175 e. The minimum absolute atomic E-state index is 0.147. The fraction of sp³-hybridized carbons (Fsp3) is 0.150. The highest BCUT2D eigenvalue weighted by atomic mass is 32.2. The molecule has 0 fully saturated rings. The van der Waals surface area contributed by atoms with Gasteiger partial charge in [-0.3, -0.25) is 9.59 Å². The van der Waals surface area contributed by atoms with Crippen LogP contribution in [0.3, 0.4) is 0 Å². The van der Waals surface area contributed by atoms with Crippen molar-refractivity contribution in [1.29, 1.82) is 0 Å². The summed E-state index contributed by atoms with van der Waals surface area (Å²) in [4.78, 5) is 26.8. The van der Waals surface area contributed by atoms with E-state index in [4.69, 9.17) is 0 Å². The summed E-state index contributed by atoms with van der Waals surface area (Å²) in [5.74, 6) is 0.573. The van der Waals surface area contributed by atoms with Gasteiger partial charge in [0.15, 0.2) is 5.78 Å². The lowest BCUT2D eigenvalue weighted by Crippen LogP contribution is -2.28. The number of Topliss-reactive ketones (excluding diaryl/α,β-unsaturated/α-hetero) is 2. The van der Waals surface area contributed by atoms with Gasteiger partial charge in [0.25, 0.3) is 0 Å². The molecule has 2 nitrogen and oxygen atoms in total. The summed E-state index contributed by atoms with van der Waals surface area (Å²) in [6, 6.07) is 12.2. The number of carbonyl (C=O) groups is 2. The summed E-state index contributed by atoms with van der Waals surface area (Å²) < 4.78 is 0. The standard InChI is InChI=1S/C20H16O2S/c1-13(21)12-23-18-9-5-4-8-16(18)20(22)17-10-14-6-2-3-7-15(14)11-19(17)23/h2-11,16H,12H2,1H3. The first kappa shape index (κ1) is 14.3. The number of hydrogen-bond donors (Lipinski definition) is 0. The van der Waals surface area contributed by atoms with Crippen molar-refractivity contribution in [1.82, 2.24) is 0 Å². The van der Waals surface area contributed by atoms with Crippen molar-refractivity contribution < 1.29 is 9.59 Å². The van der Waals surface area contributed by atoms with Crippen LogP contribution in [-0.2, 0) is 4.79 Å². The molecule has 0 spiro atoms. The third-order valence-electron chi connectivity index (χ3n) is 4.28. The number of hydrogen-bond acceptors (Lipinski definition) is 2. The Hall–Kier alpha value is -2.26. The molecule has 1 heterocycles. The number of benzene rings is 2. The smallest absolute Gasteiger partial charge is 0.175 e. The minimum Gasteiger partial charge on any atom is -0.299 e. The van der Waals surface area contributed by atoms with E-state index in [1.54, 1.807) is 6.92 Å². The zero-order chi connectivity index (χ0) is 16.0. The molecule has 2 aromatic carbocycles. The van der Waals surface area contributed by atoms with E-state index in [-0.39, 0.29) is 28.0 Å². The van der Waals surface area contributed by atoms with Gasteiger partial charge in [0.05, 0.1) is 11.7 Å². The van der Waals surface area contributed by atoms with Crippen LogP contribution in [0.1, 0.15) is 17.3 Å². The number of ketones is 2. The van der Waals surface area contributed by atoms with Gasteiger partial charge < -0.3 is 0 Å². The Morgan fingerprint density at radius 1 is 1.13 bits per heavy atom. The van der Waals surface area contributed by atoms with Crippen molar-refractivity contribution >= 4 is 37.7 Å². The molecule has 0 amide bonds. The normalized spacial score (nSPS) is 22.1. The van der Waals surface area contributed by atoms with E-state index in [0.29, 0.717) is 5.75 Å². The van der Waals surface area contributed by atoms with E-state index >= 15 is 0 Å². The van der Waals surface area contributed by atoms with E-state index in [9.17, 15) is 9.59 Å². The maximum absolute atomic E-state index is 12.9. The van der Waals surface area contributed by atoms with Gasteiger partial charge in [-0.25, -0.2) is 0 Å². The fourth-order valence-corrected chi connectivity index (χ4v) is 5.66. The highest BCUT2D eigenvalue weighted by Gasteiger charge is 2.32. The van der Waals surface area contributed by atoms with Gasteiger partial charge in [0, 0.05) is 10.5 Å². The van der Waals surface area contributed by atoms with Crippen LogP contribution < -0.4 is 0 Å². The highest BCUT2D eigenvalue weighted by molar-refractivity contribution is 8.17. The molecule has 4 rings (SSSR count). The molecule has 2 atom stereocenters. The average Bonchev–Trinajstić information content (AvgIpc) is 2.57. The van der Waals surface area contributed by atoms with Gasteiger partial charge in [-0.1, -0.05) is 48.6 Å². The van der Waals surface area contributed by atoms with Crippen molar-refractivity contribution in [3.8, 4) is 0 Å². The predicted octanol–water partition coefficient (Wildman–Crippen LogP) is 4.17. The zero-order valence-electron chi connectivity index (χ0n) is 12.8. The molecule has 1 aliphatic carbocycles. The molecule has 0 aromatic heterocycles. The second-order valence-corrected chi connectivity index (χ2v) is 7.90. The van der Waals surface area contributed by atoms with Gasteiger partial charge in [-0.2, -0.15) is 0 Å². The molecule has 2 aliphatic rings. The van der Waals surface area contributed by atoms with Crippen molar-refractivity contribution in [2.45, 2.75) is 11.8 Å². The van der Waals surface area contributed by atoms with Gasteiger partial charge >= 0.3 is 0 Å². The molecule has 23 heavy (non-hydrogen) atoms. The summed E-state index contributed by atoms with van der Waals surface area (Å²) in [6.07, 6.45) is 7.86. The second kappa shape index (κ2) is 5.43. The molecule has 0 radical (unpaired) electrons. The third kappa shape index (κ3) is 2.32. The topological polar surface area (TPSA) is 34.1 Å². The predicted molar refractivity (Wildman–Crippen MR) is 96.5 cm³/mol. The highest BCUT2D eigenvalue weighted by Crippen LogP contribution is 2.42. The Morgan fingerprint density at radius 2 is 1.87 bits per heavy atom. The van der Waals surface area contributed by atoms with E-state index in [1.807, 2.05) is 48.6 Å². The molecule has 0 saturated heterocycles. The van der Waals surface area contributed by atoms with E-state index in [2.05, 4.69) is 12.1 Å². The SMILES string of the molecule is CC(=O)CS1=C2C=CC=CC2C(=O)c2cc3ccccc3cc21. The van der Waals surface area contributed by atoms with Crippen LogP contribution in [0.15, 0.2) is 65.6 Å². The van der Waals surface area contributed by atoms with Crippen LogP contribution in [0.5, 0.6) is 0 Å². The molecule has 2 unspecified atom stereocenters. The Balaban J connectivity index is 2.04. The second-order valence-electron chi connectivity index (χ2n) is 5.92. The summed E-state index contributed by atoms with van der Waals surface area (Å²) in [5.41, 5.74) is 0.780. The maximum atomic E-state index is 12.9. The largest absolute Gasteiger partial charge is 0.299 e. The average molecular weight is 320 g/mol. The summed E-state index contributed by atoms with van der Waals surface area (Å²) in [6.45, 7) is 1.63. The van der Waals surface area contributed by atoms with Crippen molar-refractivity contribution in [2.75, 3.05) is 5.75 Å². The molecule has 0 N–H and O–H groups in total. The molecule has 3 heteroatoms.